The van der Waals surface area contributed by atoms with Crippen LogP contribution in [0.15, 0.2) is 41.8 Å². The number of primary sulfonamides is 1. The number of benzene rings is 1. The SMILES string of the molecule is NS(=O)(=O)c1ccc(NC(=O)Cn2c[n+]([N-][N+](=O)[O-])cn2)cc1. The van der Waals surface area contributed by atoms with Crippen molar-refractivity contribution >= 4 is 21.6 Å². The Bertz CT molecular complexity index is 830. The average Bonchev–Trinajstić information content (AvgIpc) is 2.84. The molecule has 1 amide bonds. The molecule has 1 aromatic heterocycles. The summed E-state index contributed by atoms with van der Waals surface area (Å²) in [4.78, 5) is 21.9. The number of nitro groups is 1. The minimum absolute atomic E-state index is 0.0787. The van der Waals surface area contributed by atoms with Crippen LogP contribution in [0.4, 0.5) is 5.69 Å². The van der Waals surface area contributed by atoms with Gasteiger partial charge in [-0.05, 0) is 28.9 Å². The van der Waals surface area contributed by atoms with Gasteiger partial charge in [-0.2, -0.15) is 0 Å². The summed E-state index contributed by atoms with van der Waals surface area (Å²) in [6, 6.07) is 5.26. The van der Waals surface area contributed by atoms with Gasteiger partial charge in [-0.25, -0.2) is 18.2 Å². The Kier molecular flexibility index (Phi) is 4.52. The number of hydrogen-bond acceptors (Lipinski definition) is 6. The molecule has 0 fully saturated rings. The quantitative estimate of drug-likeness (QED) is 0.379. The van der Waals surface area contributed by atoms with E-state index in [1.807, 2.05) is 0 Å². The van der Waals surface area contributed by atoms with Crippen LogP contribution in [0.25, 0.3) is 5.53 Å². The van der Waals surface area contributed by atoms with E-state index < -0.39 is 21.0 Å². The number of carbonyl (C=O) groups is 1. The first-order chi connectivity index (χ1) is 10.7. The van der Waals surface area contributed by atoms with E-state index in [4.69, 9.17) is 5.14 Å². The molecule has 0 spiro atoms. The number of nitrogens with two attached hydrogens (primary N) is 1. The van der Waals surface area contributed by atoms with Crippen LogP contribution in [-0.4, -0.2) is 29.1 Å². The van der Waals surface area contributed by atoms with Crippen molar-refractivity contribution in [2.45, 2.75) is 11.4 Å². The average molecular weight is 341 g/mol. The Morgan fingerprint density at radius 1 is 1.43 bits per heavy atom. The standard InChI is InChI=1S/C10H11N7O5S/c11-23(21,22)9-3-1-8(2-4-9)13-10(18)5-15-7-16(6-12-15)14-17(19)20/h1-4,6-7H,5H2,(H,13,18)(H2,11,21,22). The van der Waals surface area contributed by atoms with E-state index in [9.17, 15) is 23.3 Å². The van der Waals surface area contributed by atoms with Crippen LogP contribution < -0.4 is 15.1 Å². The molecule has 3 N–H and O–H groups in total. The van der Waals surface area contributed by atoms with Gasteiger partial charge in [0.2, 0.25) is 16.6 Å². The number of amides is 1. The lowest BCUT2D eigenvalue weighted by molar-refractivity contribution is -0.738. The highest BCUT2D eigenvalue weighted by Crippen LogP contribution is 2.12. The second kappa shape index (κ2) is 6.37. The first-order valence-electron chi connectivity index (χ1n) is 5.97. The summed E-state index contributed by atoms with van der Waals surface area (Å²) in [7, 11) is -3.80. The molecule has 0 bridgehead atoms. The maximum atomic E-state index is 11.8. The fraction of sp³-hybridized carbons (Fsp3) is 0.100. The zero-order valence-electron chi connectivity index (χ0n) is 11.4. The van der Waals surface area contributed by atoms with Crippen molar-refractivity contribution in [1.82, 2.24) is 9.78 Å². The van der Waals surface area contributed by atoms with E-state index in [0.29, 0.717) is 5.69 Å². The van der Waals surface area contributed by atoms with Crippen molar-refractivity contribution in [1.29, 1.82) is 0 Å². The summed E-state index contributed by atoms with van der Waals surface area (Å²) >= 11 is 0. The summed E-state index contributed by atoms with van der Waals surface area (Å²) in [5, 5.41) is 20.5. The molecule has 122 valence electrons. The first kappa shape index (κ1) is 16.3. The van der Waals surface area contributed by atoms with E-state index >= 15 is 0 Å². The Hall–Kier alpha value is -3.06. The van der Waals surface area contributed by atoms with Gasteiger partial charge in [0.1, 0.15) is 5.10 Å². The molecule has 0 atom stereocenters. The number of nitrogens with zero attached hydrogens (tertiary/aromatic N) is 5. The van der Waals surface area contributed by atoms with E-state index in [1.54, 1.807) is 0 Å². The van der Waals surface area contributed by atoms with Crippen molar-refractivity contribution in [3.63, 3.8) is 0 Å². The van der Waals surface area contributed by atoms with Gasteiger partial charge in [0.05, 0.1) is 4.90 Å². The molecule has 12 nitrogen and oxygen atoms in total. The molecule has 1 heterocycles. The van der Waals surface area contributed by atoms with Crippen LogP contribution >= 0.6 is 0 Å². The van der Waals surface area contributed by atoms with E-state index in [1.165, 1.54) is 24.3 Å². The zero-order chi connectivity index (χ0) is 17.0. The molecule has 13 heteroatoms. The van der Waals surface area contributed by atoms with Crippen LogP contribution in [0.5, 0.6) is 0 Å². The van der Waals surface area contributed by atoms with E-state index in [2.05, 4.69) is 16.0 Å². The minimum Gasteiger partial charge on any atom is -0.373 e. The second-order valence-corrected chi connectivity index (χ2v) is 5.83. The summed E-state index contributed by atoms with van der Waals surface area (Å²) in [6.45, 7) is -0.211. The zero-order valence-corrected chi connectivity index (χ0v) is 12.3. The molecule has 2 aromatic rings. The predicted octanol–water partition coefficient (Wildman–Crippen LogP) is -1.21. The lowest BCUT2D eigenvalue weighted by Gasteiger charge is -2.07. The van der Waals surface area contributed by atoms with Gasteiger partial charge in [0.15, 0.2) is 0 Å². The van der Waals surface area contributed by atoms with Gasteiger partial charge < -0.3 is 15.4 Å². The molecular weight excluding hydrogens is 330 g/mol. The highest BCUT2D eigenvalue weighted by atomic mass is 32.2. The van der Waals surface area contributed by atoms with Crippen LogP contribution in [-0.2, 0) is 21.4 Å². The molecule has 23 heavy (non-hydrogen) atoms. The smallest absolute Gasteiger partial charge is 0.332 e. The fourth-order valence-electron chi connectivity index (χ4n) is 1.60. The maximum Gasteiger partial charge on any atom is 0.332 e. The van der Waals surface area contributed by atoms with Crippen LogP contribution in [0, 0.1) is 10.1 Å². The number of aromatic nitrogens is 3. The molecule has 0 aliphatic rings. The molecule has 2 rings (SSSR count). The molecule has 0 radical (unpaired) electrons. The number of hydrogen-bond donors (Lipinski definition) is 2. The van der Waals surface area contributed by atoms with Gasteiger partial charge >= 0.3 is 6.33 Å². The third-order valence-electron chi connectivity index (χ3n) is 2.52. The summed E-state index contributed by atoms with van der Waals surface area (Å²) in [5.74, 6) is -0.468. The van der Waals surface area contributed by atoms with Crippen molar-refractivity contribution < 1.29 is 22.9 Å². The Morgan fingerprint density at radius 2 is 2.09 bits per heavy atom. The lowest BCUT2D eigenvalue weighted by atomic mass is 10.3. The fourth-order valence-corrected chi connectivity index (χ4v) is 2.12. The largest absolute Gasteiger partial charge is 0.373 e. The van der Waals surface area contributed by atoms with Gasteiger partial charge in [-0.1, -0.05) is 0 Å². The third-order valence-corrected chi connectivity index (χ3v) is 3.45. The van der Waals surface area contributed by atoms with Crippen LogP contribution in [0.3, 0.4) is 0 Å². The maximum absolute atomic E-state index is 11.8. The van der Waals surface area contributed by atoms with Crippen LogP contribution in [0.2, 0.25) is 0 Å². The molecule has 0 saturated heterocycles. The first-order valence-corrected chi connectivity index (χ1v) is 7.51. The van der Waals surface area contributed by atoms with Gasteiger partial charge in [-0.15, -0.1) is 5.03 Å². The Labute approximate surface area is 129 Å². The third kappa shape index (κ3) is 4.72. The molecule has 0 aliphatic heterocycles. The summed E-state index contributed by atoms with van der Waals surface area (Å²) in [6.07, 6.45) is 2.23. The Balaban J connectivity index is 1.97. The monoisotopic (exact) mass is 341 g/mol. The lowest BCUT2D eigenvalue weighted by Crippen LogP contribution is -2.29. The van der Waals surface area contributed by atoms with Gasteiger partial charge in [0.25, 0.3) is 12.2 Å². The Morgan fingerprint density at radius 3 is 2.65 bits per heavy atom. The van der Waals surface area contributed by atoms with Crippen molar-refractivity contribution in [3.8, 4) is 0 Å². The second-order valence-electron chi connectivity index (χ2n) is 4.27. The molecule has 0 aliphatic carbocycles. The highest BCUT2D eigenvalue weighted by molar-refractivity contribution is 7.89. The van der Waals surface area contributed by atoms with Crippen molar-refractivity contribution in [3.05, 3.63) is 52.6 Å². The van der Waals surface area contributed by atoms with Gasteiger partial charge in [0, 0.05) is 5.69 Å². The number of sulfonamides is 1. The normalized spacial score (nSPS) is 11.0. The molecular formula is C10H11N7O5S. The number of anilines is 1. The number of rotatable bonds is 6. The van der Waals surface area contributed by atoms with E-state index in [-0.39, 0.29) is 11.4 Å². The number of carbonyl (C=O) groups excluding carboxylic acids is 1. The molecule has 0 saturated carbocycles. The van der Waals surface area contributed by atoms with Gasteiger partial charge in [-0.3, -0.25) is 10.3 Å². The summed E-state index contributed by atoms with van der Waals surface area (Å²) < 4.78 is 24.2. The van der Waals surface area contributed by atoms with E-state index in [0.717, 1.165) is 22.0 Å². The highest BCUT2D eigenvalue weighted by Gasteiger charge is 2.14. The van der Waals surface area contributed by atoms with Crippen molar-refractivity contribution in [2.75, 3.05) is 5.32 Å². The van der Waals surface area contributed by atoms with Crippen molar-refractivity contribution in [2.24, 2.45) is 5.14 Å². The predicted molar refractivity (Wildman–Crippen MR) is 74.6 cm³/mol. The number of nitrogens with one attached hydrogen (secondary N) is 1. The minimum atomic E-state index is -3.80. The molecule has 1 aromatic carbocycles. The van der Waals surface area contributed by atoms with Crippen LogP contribution in [0.1, 0.15) is 0 Å². The topological polar surface area (TPSA) is 168 Å². The molecule has 0 unspecified atom stereocenters. The summed E-state index contributed by atoms with van der Waals surface area (Å²) in [5.41, 5.74) is 3.32.